The first-order valence-electron chi connectivity index (χ1n) is 8.48. The molecule has 0 bridgehead atoms. The van der Waals surface area contributed by atoms with Crippen molar-refractivity contribution in [3.63, 3.8) is 0 Å². The Hall–Kier alpha value is -1.72. The Bertz CT molecular complexity index is 637. The van der Waals surface area contributed by atoms with Gasteiger partial charge in [0.2, 0.25) is 0 Å². The van der Waals surface area contributed by atoms with Crippen LogP contribution in [0.25, 0.3) is 0 Å². The van der Waals surface area contributed by atoms with E-state index in [0.717, 1.165) is 31.8 Å². The lowest BCUT2D eigenvalue weighted by molar-refractivity contribution is 0.137. The molecule has 2 aromatic rings. The molecule has 1 aromatic carbocycles. The van der Waals surface area contributed by atoms with Crippen molar-refractivity contribution in [3.05, 3.63) is 47.5 Å². The van der Waals surface area contributed by atoms with Crippen LogP contribution in [0.1, 0.15) is 43.3 Å². The Kier molecular flexibility index (Phi) is 5.08. The first kappa shape index (κ1) is 16.1. The van der Waals surface area contributed by atoms with E-state index < -0.39 is 0 Å². The summed E-state index contributed by atoms with van der Waals surface area (Å²) in [6.45, 7) is 6.80. The largest absolute Gasteiger partial charge is 0.395 e. The third-order valence-electron chi connectivity index (χ3n) is 4.51. The minimum atomic E-state index is 0.164. The molecule has 0 radical (unpaired) electrons. The highest BCUT2D eigenvalue weighted by molar-refractivity contribution is 5.34. The van der Waals surface area contributed by atoms with E-state index in [9.17, 15) is 5.11 Å². The second-order valence-corrected chi connectivity index (χ2v) is 6.70. The molecule has 124 valence electrons. The molecular formula is C18H26N4O. The Morgan fingerprint density at radius 2 is 2.17 bits per heavy atom. The van der Waals surface area contributed by atoms with Gasteiger partial charge in [0.1, 0.15) is 12.2 Å². The molecule has 0 aliphatic heterocycles. The van der Waals surface area contributed by atoms with Crippen LogP contribution in [0.3, 0.4) is 0 Å². The number of aryl methyl sites for hydroxylation is 1. The van der Waals surface area contributed by atoms with E-state index in [1.54, 1.807) is 6.33 Å². The van der Waals surface area contributed by atoms with Crippen molar-refractivity contribution < 1.29 is 5.11 Å². The zero-order valence-corrected chi connectivity index (χ0v) is 14.0. The summed E-state index contributed by atoms with van der Waals surface area (Å²) in [4.78, 5) is 6.79. The molecule has 1 heterocycles. The second-order valence-electron chi connectivity index (χ2n) is 6.70. The monoisotopic (exact) mass is 314 g/mol. The van der Waals surface area contributed by atoms with Crippen LogP contribution in [0, 0.1) is 5.92 Å². The highest BCUT2D eigenvalue weighted by atomic mass is 16.3. The summed E-state index contributed by atoms with van der Waals surface area (Å²) in [6, 6.07) is 9.01. The van der Waals surface area contributed by atoms with Crippen molar-refractivity contribution in [2.24, 2.45) is 5.92 Å². The number of nitrogens with zero attached hydrogens (tertiary/aromatic N) is 4. The van der Waals surface area contributed by atoms with Gasteiger partial charge in [-0.15, -0.1) is 0 Å². The van der Waals surface area contributed by atoms with Gasteiger partial charge in [0.05, 0.1) is 13.2 Å². The molecule has 0 spiro atoms. The zero-order valence-electron chi connectivity index (χ0n) is 14.0. The molecule has 0 amide bonds. The topological polar surface area (TPSA) is 54.2 Å². The Morgan fingerprint density at radius 1 is 1.35 bits per heavy atom. The number of benzene rings is 1. The van der Waals surface area contributed by atoms with Crippen LogP contribution in [0.2, 0.25) is 0 Å². The molecule has 23 heavy (non-hydrogen) atoms. The van der Waals surface area contributed by atoms with Gasteiger partial charge in [-0.3, -0.25) is 4.90 Å². The average Bonchev–Trinajstić information content (AvgIpc) is 3.13. The fraction of sp³-hybridized carbons (Fsp3) is 0.556. The van der Waals surface area contributed by atoms with Gasteiger partial charge in [-0.05, 0) is 29.9 Å². The maximum Gasteiger partial charge on any atom is 0.141 e. The van der Waals surface area contributed by atoms with Crippen molar-refractivity contribution in [2.75, 3.05) is 13.2 Å². The van der Waals surface area contributed by atoms with Gasteiger partial charge in [-0.1, -0.05) is 38.1 Å². The number of hydrogen-bond acceptors (Lipinski definition) is 4. The minimum absolute atomic E-state index is 0.164. The number of aromatic nitrogens is 3. The predicted octanol–water partition coefficient (Wildman–Crippen LogP) is 2.42. The maximum atomic E-state index is 9.50. The standard InChI is InChI=1S/C18H26N4O/c1-14(2)11-22-18(19-13-20-22)12-21(9-10-23)17-8-7-15-5-3-4-6-16(15)17/h3-6,13-14,17,23H,7-12H2,1-2H3. The summed E-state index contributed by atoms with van der Waals surface area (Å²) in [7, 11) is 0. The second kappa shape index (κ2) is 7.23. The lowest BCUT2D eigenvalue weighted by Gasteiger charge is -2.28. The van der Waals surface area contributed by atoms with E-state index in [-0.39, 0.29) is 6.61 Å². The third kappa shape index (κ3) is 3.62. The summed E-state index contributed by atoms with van der Waals surface area (Å²) in [6.07, 6.45) is 3.86. The van der Waals surface area contributed by atoms with Crippen LogP contribution >= 0.6 is 0 Å². The molecule has 1 aromatic heterocycles. The van der Waals surface area contributed by atoms with Crippen molar-refractivity contribution in [2.45, 2.75) is 45.8 Å². The average molecular weight is 314 g/mol. The fourth-order valence-electron chi connectivity index (χ4n) is 3.48. The van der Waals surface area contributed by atoms with Crippen LogP contribution in [0.15, 0.2) is 30.6 Å². The van der Waals surface area contributed by atoms with Crippen molar-refractivity contribution >= 4 is 0 Å². The highest BCUT2D eigenvalue weighted by Gasteiger charge is 2.28. The van der Waals surface area contributed by atoms with Gasteiger partial charge in [0.15, 0.2) is 0 Å². The molecular weight excluding hydrogens is 288 g/mol. The number of fused-ring (bicyclic) bond motifs is 1. The third-order valence-corrected chi connectivity index (χ3v) is 4.51. The van der Waals surface area contributed by atoms with Crippen LogP contribution in [-0.2, 0) is 19.5 Å². The highest BCUT2D eigenvalue weighted by Crippen LogP contribution is 2.36. The van der Waals surface area contributed by atoms with Crippen LogP contribution in [-0.4, -0.2) is 37.9 Å². The molecule has 5 heteroatoms. The summed E-state index contributed by atoms with van der Waals surface area (Å²) in [5.74, 6) is 1.52. The molecule has 1 aliphatic rings. The van der Waals surface area contributed by atoms with Gasteiger partial charge in [0.25, 0.3) is 0 Å². The van der Waals surface area contributed by atoms with Gasteiger partial charge >= 0.3 is 0 Å². The summed E-state index contributed by atoms with van der Waals surface area (Å²) in [5, 5.41) is 13.9. The first-order chi connectivity index (χ1) is 11.2. The SMILES string of the molecule is CC(C)Cn1ncnc1CN(CCO)C1CCc2ccccc21. The summed E-state index contributed by atoms with van der Waals surface area (Å²) in [5.41, 5.74) is 2.83. The van der Waals surface area contributed by atoms with E-state index in [2.05, 4.69) is 53.1 Å². The van der Waals surface area contributed by atoms with E-state index in [1.165, 1.54) is 11.1 Å². The fourth-order valence-corrected chi connectivity index (χ4v) is 3.48. The normalized spacial score (nSPS) is 17.2. The predicted molar refractivity (Wildman–Crippen MR) is 89.9 cm³/mol. The van der Waals surface area contributed by atoms with Crippen molar-refractivity contribution in [1.82, 2.24) is 19.7 Å². The molecule has 3 rings (SSSR count). The Morgan fingerprint density at radius 3 is 2.96 bits per heavy atom. The van der Waals surface area contributed by atoms with E-state index in [0.29, 0.717) is 18.5 Å². The van der Waals surface area contributed by atoms with E-state index in [4.69, 9.17) is 0 Å². The quantitative estimate of drug-likeness (QED) is 0.853. The summed E-state index contributed by atoms with van der Waals surface area (Å²) < 4.78 is 2.00. The molecule has 0 fully saturated rings. The number of aliphatic hydroxyl groups excluding tert-OH is 1. The van der Waals surface area contributed by atoms with Crippen LogP contribution in [0.4, 0.5) is 0 Å². The molecule has 1 aliphatic carbocycles. The maximum absolute atomic E-state index is 9.50. The van der Waals surface area contributed by atoms with Gasteiger partial charge in [-0.2, -0.15) is 5.10 Å². The van der Waals surface area contributed by atoms with Crippen LogP contribution < -0.4 is 0 Å². The smallest absolute Gasteiger partial charge is 0.141 e. The zero-order chi connectivity index (χ0) is 16.2. The Labute approximate surface area is 138 Å². The molecule has 1 unspecified atom stereocenters. The van der Waals surface area contributed by atoms with E-state index >= 15 is 0 Å². The van der Waals surface area contributed by atoms with Gasteiger partial charge in [-0.25, -0.2) is 9.67 Å². The van der Waals surface area contributed by atoms with Crippen molar-refractivity contribution in [3.8, 4) is 0 Å². The van der Waals surface area contributed by atoms with Crippen LogP contribution in [0.5, 0.6) is 0 Å². The molecule has 1 atom stereocenters. The molecule has 1 N–H and O–H groups in total. The summed E-state index contributed by atoms with van der Waals surface area (Å²) >= 11 is 0. The number of rotatable bonds is 7. The number of hydrogen-bond donors (Lipinski definition) is 1. The van der Waals surface area contributed by atoms with E-state index in [1.807, 2.05) is 4.68 Å². The van der Waals surface area contributed by atoms with Crippen molar-refractivity contribution in [1.29, 1.82) is 0 Å². The van der Waals surface area contributed by atoms with Gasteiger partial charge in [0, 0.05) is 19.1 Å². The lowest BCUT2D eigenvalue weighted by Crippen LogP contribution is -2.31. The Balaban J connectivity index is 1.79. The van der Waals surface area contributed by atoms with Gasteiger partial charge < -0.3 is 5.11 Å². The lowest BCUT2D eigenvalue weighted by atomic mass is 10.1. The first-order valence-corrected chi connectivity index (χ1v) is 8.48. The molecule has 0 saturated heterocycles. The number of aliphatic hydroxyl groups is 1. The molecule has 0 saturated carbocycles. The minimum Gasteiger partial charge on any atom is -0.395 e. The molecule has 5 nitrogen and oxygen atoms in total.